The highest BCUT2D eigenvalue weighted by Gasteiger charge is 2.31. The van der Waals surface area contributed by atoms with Crippen LogP contribution in [0.15, 0.2) is 47.4 Å². The van der Waals surface area contributed by atoms with E-state index in [1.807, 2.05) is 0 Å². The SMILES string of the molecule is O=P(O)(O)Sc1ccc(O)cc1C(O)(O)CCCc1cccc(O)c1. The van der Waals surface area contributed by atoms with E-state index in [0.717, 1.165) is 11.6 Å². The monoisotopic (exact) mass is 386 g/mol. The number of aryl methyl sites for hydroxylation is 1. The maximum absolute atomic E-state index is 11.2. The minimum Gasteiger partial charge on any atom is -0.508 e. The Morgan fingerprint density at radius 1 is 1.00 bits per heavy atom. The molecule has 0 fully saturated rings. The fraction of sp³-hybridized carbons (Fsp3) is 0.250. The quantitative estimate of drug-likeness (QED) is 0.315. The van der Waals surface area contributed by atoms with Crippen LogP contribution in [0.4, 0.5) is 0 Å². The summed E-state index contributed by atoms with van der Waals surface area (Å²) in [4.78, 5) is 18.2. The van der Waals surface area contributed by atoms with Crippen molar-refractivity contribution in [2.24, 2.45) is 0 Å². The Labute approximate surface area is 148 Å². The number of benzene rings is 2. The van der Waals surface area contributed by atoms with Crippen LogP contribution >= 0.6 is 18.2 Å². The first kappa shape index (κ1) is 19.8. The predicted octanol–water partition coefficient (Wildman–Crippen LogP) is 2.44. The maximum atomic E-state index is 11.2. The molecule has 0 atom stereocenters. The smallest absolute Gasteiger partial charge is 0.388 e. The van der Waals surface area contributed by atoms with Gasteiger partial charge in [-0.2, -0.15) is 0 Å². The number of rotatable bonds is 7. The Morgan fingerprint density at radius 2 is 1.68 bits per heavy atom. The molecule has 2 aromatic rings. The summed E-state index contributed by atoms with van der Waals surface area (Å²) in [5.74, 6) is -2.50. The average molecular weight is 386 g/mol. The Hall–Kier alpha value is -1.54. The van der Waals surface area contributed by atoms with Crippen molar-refractivity contribution >= 4 is 18.2 Å². The van der Waals surface area contributed by atoms with Crippen LogP contribution in [0.2, 0.25) is 0 Å². The van der Waals surface area contributed by atoms with Gasteiger partial charge in [-0.1, -0.05) is 12.1 Å². The molecule has 0 radical (unpaired) electrons. The number of hydrogen-bond acceptors (Lipinski definition) is 6. The molecule has 0 aliphatic carbocycles. The van der Waals surface area contributed by atoms with Gasteiger partial charge in [-0.3, -0.25) is 0 Å². The standard InChI is InChI=1S/C16H19O7PS/c17-12-5-1-3-11(9-12)4-2-8-16(19,20)14-10-13(18)6-7-15(14)25-24(21,22)23/h1,3,5-7,9-10,17-20H,2,4,8H2,(H2,21,22,23). The highest BCUT2D eigenvalue weighted by atomic mass is 32.7. The van der Waals surface area contributed by atoms with Crippen molar-refractivity contribution in [3.63, 3.8) is 0 Å². The largest absolute Gasteiger partial charge is 0.508 e. The molecule has 136 valence electrons. The van der Waals surface area contributed by atoms with Gasteiger partial charge in [0, 0.05) is 16.9 Å². The number of hydrogen-bond donors (Lipinski definition) is 6. The van der Waals surface area contributed by atoms with Gasteiger partial charge >= 0.3 is 6.80 Å². The third-order valence-corrected chi connectivity index (χ3v) is 5.61. The Bertz CT molecular complexity index is 788. The zero-order valence-electron chi connectivity index (χ0n) is 13.1. The van der Waals surface area contributed by atoms with E-state index in [1.54, 1.807) is 18.2 Å². The average Bonchev–Trinajstić information content (AvgIpc) is 2.47. The molecule has 7 nitrogen and oxygen atoms in total. The van der Waals surface area contributed by atoms with Gasteiger partial charge in [0.05, 0.1) is 0 Å². The molecule has 0 aliphatic rings. The van der Waals surface area contributed by atoms with Gasteiger partial charge in [-0.15, -0.1) is 0 Å². The lowest BCUT2D eigenvalue weighted by Crippen LogP contribution is -2.26. The lowest BCUT2D eigenvalue weighted by Gasteiger charge is -2.25. The van der Waals surface area contributed by atoms with E-state index in [9.17, 15) is 25.0 Å². The van der Waals surface area contributed by atoms with Gasteiger partial charge in [0.15, 0.2) is 5.79 Å². The van der Waals surface area contributed by atoms with Gasteiger partial charge in [0.2, 0.25) is 0 Å². The summed E-state index contributed by atoms with van der Waals surface area (Å²) < 4.78 is 11.2. The second-order valence-corrected chi connectivity index (χ2v) is 9.18. The van der Waals surface area contributed by atoms with E-state index in [2.05, 4.69) is 0 Å². The molecule has 25 heavy (non-hydrogen) atoms. The molecule has 6 N–H and O–H groups in total. The van der Waals surface area contributed by atoms with Crippen LogP contribution in [0, 0.1) is 0 Å². The van der Waals surface area contributed by atoms with Crippen LogP contribution in [0.25, 0.3) is 0 Å². The van der Waals surface area contributed by atoms with Crippen LogP contribution in [-0.2, 0) is 16.8 Å². The maximum Gasteiger partial charge on any atom is 0.388 e. The molecule has 2 aromatic carbocycles. The summed E-state index contributed by atoms with van der Waals surface area (Å²) >= 11 is 0.197. The lowest BCUT2D eigenvalue weighted by molar-refractivity contribution is -0.177. The van der Waals surface area contributed by atoms with Crippen LogP contribution < -0.4 is 0 Å². The molecule has 0 amide bonds. The third kappa shape index (κ3) is 6.04. The Kier molecular flexibility index (Phi) is 6.16. The normalized spacial score (nSPS) is 12.3. The van der Waals surface area contributed by atoms with Crippen LogP contribution in [0.3, 0.4) is 0 Å². The predicted molar refractivity (Wildman–Crippen MR) is 93.2 cm³/mol. The van der Waals surface area contributed by atoms with Crippen LogP contribution in [0.1, 0.15) is 24.0 Å². The summed E-state index contributed by atoms with van der Waals surface area (Å²) in [6, 6.07) is 10.1. The number of phenolic OH excluding ortho intramolecular Hbond substituents is 2. The minimum absolute atomic E-state index is 0.0199. The van der Waals surface area contributed by atoms with Crippen LogP contribution in [-0.4, -0.2) is 30.2 Å². The summed E-state index contributed by atoms with van der Waals surface area (Å²) in [6.45, 7) is -4.49. The summed E-state index contributed by atoms with van der Waals surface area (Å²) in [7, 11) is 0. The summed E-state index contributed by atoms with van der Waals surface area (Å²) in [5.41, 5.74) is 0.647. The molecule has 0 unspecified atom stereocenters. The first-order valence-corrected chi connectivity index (χ1v) is 10.4. The molecule has 0 saturated carbocycles. The highest BCUT2D eigenvalue weighted by Crippen LogP contribution is 2.56. The molecule has 2 rings (SSSR count). The number of aromatic hydroxyl groups is 2. The van der Waals surface area contributed by atoms with Crippen molar-refractivity contribution in [2.45, 2.75) is 29.9 Å². The minimum atomic E-state index is -4.49. The van der Waals surface area contributed by atoms with E-state index in [1.165, 1.54) is 18.2 Å². The molecule has 0 aromatic heterocycles. The molecule has 0 heterocycles. The van der Waals surface area contributed by atoms with E-state index in [4.69, 9.17) is 9.79 Å². The van der Waals surface area contributed by atoms with Crippen molar-refractivity contribution in [3.8, 4) is 11.5 Å². The fourth-order valence-corrected chi connectivity index (χ4v) is 4.38. The van der Waals surface area contributed by atoms with Crippen molar-refractivity contribution in [1.29, 1.82) is 0 Å². The molecule has 0 spiro atoms. The topological polar surface area (TPSA) is 138 Å². The van der Waals surface area contributed by atoms with Gasteiger partial charge < -0.3 is 30.2 Å². The zero-order chi connectivity index (χ0) is 18.7. The van der Waals surface area contributed by atoms with E-state index >= 15 is 0 Å². The second kappa shape index (κ2) is 7.78. The molecule has 0 saturated heterocycles. The van der Waals surface area contributed by atoms with Crippen molar-refractivity contribution < 1.29 is 34.8 Å². The third-order valence-electron chi connectivity index (χ3n) is 3.51. The molecular weight excluding hydrogens is 367 g/mol. The van der Waals surface area contributed by atoms with Crippen molar-refractivity contribution in [1.82, 2.24) is 0 Å². The lowest BCUT2D eigenvalue weighted by atomic mass is 9.97. The first-order valence-electron chi connectivity index (χ1n) is 7.38. The molecular formula is C16H19O7PS. The zero-order valence-corrected chi connectivity index (χ0v) is 14.8. The fourth-order valence-electron chi connectivity index (χ4n) is 2.42. The highest BCUT2D eigenvalue weighted by molar-refractivity contribution is 8.54. The van der Waals surface area contributed by atoms with E-state index in [-0.39, 0.29) is 39.8 Å². The molecule has 9 heteroatoms. The van der Waals surface area contributed by atoms with Crippen molar-refractivity contribution in [3.05, 3.63) is 53.6 Å². The first-order chi connectivity index (χ1) is 11.6. The summed E-state index contributed by atoms with van der Waals surface area (Å²) in [6.07, 6.45) is 0.685. The van der Waals surface area contributed by atoms with Gasteiger partial charge in [0.1, 0.15) is 11.5 Å². The van der Waals surface area contributed by atoms with E-state index < -0.39 is 12.6 Å². The van der Waals surface area contributed by atoms with Gasteiger partial charge in [-0.25, -0.2) is 4.57 Å². The number of aliphatic hydroxyl groups is 2. The van der Waals surface area contributed by atoms with Gasteiger partial charge in [0.25, 0.3) is 0 Å². The molecule has 0 bridgehead atoms. The van der Waals surface area contributed by atoms with Crippen LogP contribution in [0.5, 0.6) is 11.5 Å². The van der Waals surface area contributed by atoms with E-state index in [0.29, 0.717) is 12.8 Å². The molecule has 0 aliphatic heterocycles. The number of phenols is 2. The summed E-state index contributed by atoms with van der Waals surface area (Å²) in [5, 5.41) is 39.7. The Morgan fingerprint density at radius 3 is 2.32 bits per heavy atom. The second-order valence-electron chi connectivity index (χ2n) is 5.60. The van der Waals surface area contributed by atoms with Gasteiger partial charge in [-0.05, 0) is 60.1 Å². The van der Waals surface area contributed by atoms with Crippen molar-refractivity contribution in [2.75, 3.05) is 0 Å². The Balaban J connectivity index is 2.15.